The molecule has 17 heavy (non-hydrogen) atoms. The van der Waals surface area contributed by atoms with Gasteiger partial charge in [-0.05, 0) is 30.0 Å². The Hall–Kier alpha value is -1.46. The Morgan fingerprint density at radius 3 is 3.12 bits per heavy atom. The molecule has 4 nitrogen and oxygen atoms in total. The smallest absolute Gasteiger partial charge is 0.310 e. The van der Waals surface area contributed by atoms with E-state index < -0.39 is 0 Å². The zero-order chi connectivity index (χ0) is 12.1. The third-order valence-corrected chi connectivity index (χ3v) is 3.59. The minimum absolute atomic E-state index is 0.193. The van der Waals surface area contributed by atoms with Crippen LogP contribution in [0.5, 0.6) is 0 Å². The molecule has 0 aliphatic carbocycles. The van der Waals surface area contributed by atoms with Gasteiger partial charge in [-0.2, -0.15) is 0 Å². The first kappa shape index (κ1) is 12.0. The fourth-order valence-corrected chi connectivity index (χ4v) is 2.42. The van der Waals surface area contributed by atoms with E-state index in [1.54, 1.807) is 28.2 Å². The first-order valence-electron chi connectivity index (χ1n) is 5.52. The lowest BCUT2D eigenvalue weighted by atomic mass is 10.3. The highest BCUT2D eigenvalue weighted by atomic mass is 32.1. The van der Waals surface area contributed by atoms with E-state index in [9.17, 15) is 4.79 Å². The highest BCUT2D eigenvalue weighted by Gasteiger charge is 1.99. The van der Waals surface area contributed by atoms with Crippen molar-refractivity contribution in [3.63, 3.8) is 0 Å². The second-order valence-corrected chi connectivity index (χ2v) is 4.80. The standard InChI is InChI=1S/C12H15N3OS/c1-10-3-8-17-11(10)9-13-5-7-15-6-2-4-14-12(15)16/h2-4,6,8,13H,5,7,9H2,1H3. The summed E-state index contributed by atoms with van der Waals surface area (Å²) in [6, 6.07) is 3.89. The number of hydrogen-bond acceptors (Lipinski definition) is 4. The minimum Gasteiger partial charge on any atom is -0.310 e. The van der Waals surface area contributed by atoms with Crippen LogP contribution in [-0.4, -0.2) is 16.1 Å². The lowest BCUT2D eigenvalue weighted by molar-refractivity contribution is 0.577. The molecule has 2 rings (SSSR count). The van der Waals surface area contributed by atoms with Gasteiger partial charge in [-0.3, -0.25) is 4.57 Å². The van der Waals surface area contributed by atoms with Crippen LogP contribution in [0.1, 0.15) is 10.4 Å². The molecule has 0 saturated heterocycles. The van der Waals surface area contributed by atoms with E-state index in [2.05, 4.69) is 28.7 Å². The molecule has 1 N–H and O–H groups in total. The maximum absolute atomic E-state index is 11.3. The summed E-state index contributed by atoms with van der Waals surface area (Å²) in [7, 11) is 0. The van der Waals surface area contributed by atoms with Gasteiger partial charge in [-0.1, -0.05) is 0 Å². The van der Waals surface area contributed by atoms with Crippen molar-refractivity contribution in [3.05, 3.63) is 50.8 Å². The molecule has 0 aliphatic rings. The summed E-state index contributed by atoms with van der Waals surface area (Å²) in [5.41, 5.74) is 1.13. The molecule has 0 aromatic carbocycles. The van der Waals surface area contributed by atoms with Crippen LogP contribution in [0.15, 0.2) is 34.7 Å². The molecule has 2 heterocycles. The van der Waals surface area contributed by atoms with Gasteiger partial charge in [0.25, 0.3) is 0 Å². The summed E-state index contributed by atoms with van der Waals surface area (Å²) in [5.74, 6) is 0. The number of aryl methyl sites for hydroxylation is 1. The van der Waals surface area contributed by atoms with E-state index in [-0.39, 0.29) is 5.69 Å². The normalized spacial score (nSPS) is 10.6. The molecule has 0 unspecified atom stereocenters. The molecule has 0 radical (unpaired) electrons. The van der Waals surface area contributed by atoms with E-state index in [1.165, 1.54) is 16.6 Å². The van der Waals surface area contributed by atoms with Crippen molar-refractivity contribution in [1.29, 1.82) is 0 Å². The van der Waals surface area contributed by atoms with E-state index >= 15 is 0 Å². The van der Waals surface area contributed by atoms with Crippen LogP contribution in [0, 0.1) is 6.92 Å². The molecular weight excluding hydrogens is 234 g/mol. The third kappa shape index (κ3) is 3.25. The second kappa shape index (κ2) is 5.75. The van der Waals surface area contributed by atoms with Gasteiger partial charge in [-0.15, -0.1) is 11.3 Å². The fraction of sp³-hybridized carbons (Fsp3) is 0.333. The predicted molar refractivity (Wildman–Crippen MR) is 69.3 cm³/mol. The number of nitrogens with zero attached hydrogens (tertiary/aromatic N) is 2. The molecular formula is C12H15N3OS. The van der Waals surface area contributed by atoms with Crippen LogP contribution >= 0.6 is 11.3 Å². The fourth-order valence-electron chi connectivity index (χ4n) is 1.54. The van der Waals surface area contributed by atoms with Crippen molar-refractivity contribution < 1.29 is 0 Å². The highest BCUT2D eigenvalue weighted by Crippen LogP contribution is 2.14. The van der Waals surface area contributed by atoms with Crippen molar-refractivity contribution in [2.24, 2.45) is 0 Å². The first-order chi connectivity index (χ1) is 8.27. The van der Waals surface area contributed by atoms with Crippen molar-refractivity contribution >= 4 is 11.3 Å². The number of aromatic nitrogens is 2. The third-order valence-electron chi connectivity index (χ3n) is 2.57. The molecule has 2 aromatic rings. The zero-order valence-corrected chi connectivity index (χ0v) is 10.5. The largest absolute Gasteiger partial charge is 0.347 e. The van der Waals surface area contributed by atoms with Crippen molar-refractivity contribution in [2.75, 3.05) is 6.54 Å². The predicted octanol–water partition coefficient (Wildman–Crippen LogP) is 1.40. The van der Waals surface area contributed by atoms with Gasteiger partial charge in [0, 0.05) is 36.9 Å². The molecule has 0 bridgehead atoms. The van der Waals surface area contributed by atoms with Crippen molar-refractivity contribution in [2.45, 2.75) is 20.0 Å². The van der Waals surface area contributed by atoms with Gasteiger partial charge in [0.2, 0.25) is 0 Å². The Bertz CT molecular complexity index is 532. The summed E-state index contributed by atoms with van der Waals surface area (Å²) >= 11 is 1.76. The summed E-state index contributed by atoms with van der Waals surface area (Å²) in [6.07, 6.45) is 3.27. The van der Waals surface area contributed by atoms with Crippen LogP contribution < -0.4 is 11.0 Å². The maximum atomic E-state index is 11.3. The number of nitrogens with one attached hydrogen (secondary N) is 1. The maximum Gasteiger partial charge on any atom is 0.347 e. The lowest BCUT2D eigenvalue weighted by Crippen LogP contribution is -2.27. The van der Waals surface area contributed by atoms with Crippen LogP contribution in [0.4, 0.5) is 0 Å². The first-order valence-corrected chi connectivity index (χ1v) is 6.40. The average Bonchev–Trinajstić information content (AvgIpc) is 2.73. The van der Waals surface area contributed by atoms with Crippen LogP contribution in [0.3, 0.4) is 0 Å². The molecule has 5 heteroatoms. The Labute approximate surface area is 104 Å². The van der Waals surface area contributed by atoms with Crippen LogP contribution in [0.2, 0.25) is 0 Å². The number of rotatable bonds is 5. The van der Waals surface area contributed by atoms with E-state index in [1.807, 2.05) is 0 Å². The quantitative estimate of drug-likeness (QED) is 0.815. The lowest BCUT2D eigenvalue weighted by Gasteiger charge is -2.06. The van der Waals surface area contributed by atoms with Gasteiger partial charge in [0.05, 0.1) is 0 Å². The van der Waals surface area contributed by atoms with Crippen LogP contribution in [0.25, 0.3) is 0 Å². The van der Waals surface area contributed by atoms with Crippen molar-refractivity contribution in [3.8, 4) is 0 Å². The molecule has 0 saturated carbocycles. The van der Waals surface area contributed by atoms with E-state index in [0.29, 0.717) is 6.54 Å². The van der Waals surface area contributed by atoms with Crippen LogP contribution in [-0.2, 0) is 13.1 Å². The Balaban J connectivity index is 1.79. The SMILES string of the molecule is Cc1ccsc1CNCCn1cccnc1=O. The van der Waals surface area contributed by atoms with Gasteiger partial charge in [-0.25, -0.2) is 9.78 Å². The van der Waals surface area contributed by atoms with Gasteiger partial charge in [0.1, 0.15) is 0 Å². The van der Waals surface area contributed by atoms with Gasteiger partial charge in [0.15, 0.2) is 0 Å². The molecule has 0 aliphatic heterocycles. The summed E-state index contributed by atoms with van der Waals surface area (Å²) < 4.78 is 1.61. The Morgan fingerprint density at radius 2 is 2.41 bits per heavy atom. The second-order valence-electron chi connectivity index (χ2n) is 3.80. The van der Waals surface area contributed by atoms with E-state index in [0.717, 1.165) is 13.1 Å². The molecule has 0 amide bonds. The monoisotopic (exact) mass is 249 g/mol. The van der Waals surface area contributed by atoms with E-state index in [4.69, 9.17) is 0 Å². The number of thiophene rings is 1. The molecule has 0 atom stereocenters. The summed E-state index contributed by atoms with van der Waals surface area (Å²) in [6.45, 7) is 4.39. The molecule has 0 spiro atoms. The van der Waals surface area contributed by atoms with Gasteiger partial charge < -0.3 is 5.32 Å². The van der Waals surface area contributed by atoms with Gasteiger partial charge >= 0.3 is 5.69 Å². The molecule has 0 fully saturated rings. The number of hydrogen-bond donors (Lipinski definition) is 1. The Kier molecular flexibility index (Phi) is 4.06. The topological polar surface area (TPSA) is 46.9 Å². The average molecular weight is 249 g/mol. The van der Waals surface area contributed by atoms with Crippen molar-refractivity contribution in [1.82, 2.24) is 14.9 Å². The molecule has 2 aromatic heterocycles. The summed E-state index contributed by atoms with van der Waals surface area (Å²) in [5, 5.41) is 5.42. The summed E-state index contributed by atoms with van der Waals surface area (Å²) in [4.78, 5) is 16.4. The minimum atomic E-state index is -0.193. The Morgan fingerprint density at radius 1 is 1.53 bits per heavy atom. The zero-order valence-electron chi connectivity index (χ0n) is 9.72. The molecule has 90 valence electrons. The highest BCUT2D eigenvalue weighted by molar-refractivity contribution is 7.10.